The van der Waals surface area contributed by atoms with E-state index in [0.29, 0.717) is 17.8 Å². The van der Waals surface area contributed by atoms with Gasteiger partial charge in [0.05, 0.1) is 0 Å². The molecule has 5 heteroatoms. The average Bonchev–Trinajstić information content (AvgIpc) is 2.21. The van der Waals surface area contributed by atoms with Gasteiger partial charge in [-0.25, -0.2) is 0 Å². The number of hydrogen-bond acceptors (Lipinski definition) is 2. The second-order valence-corrected chi connectivity index (χ2v) is 2.64. The zero-order chi connectivity index (χ0) is 10.4. The molecule has 0 spiro atoms. The van der Waals surface area contributed by atoms with Crippen LogP contribution in [0.1, 0.15) is 13.3 Å². The van der Waals surface area contributed by atoms with Crippen LogP contribution in [0.5, 0.6) is 0 Å². The van der Waals surface area contributed by atoms with E-state index in [-0.39, 0.29) is 5.91 Å². The summed E-state index contributed by atoms with van der Waals surface area (Å²) in [5, 5.41) is 6.10. The highest BCUT2D eigenvalue weighted by molar-refractivity contribution is 5.90. The van der Waals surface area contributed by atoms with Crippen LogP contribution >= 0.6 is 0 Å². The Morgan fingerprint density at radius 2 is 2.14 bits per heavy atom. The fraction of sp³-hybridized carbons (Fsp3) is 0.222. The van der Waals surface area contributed by atoms with E-state index in [1.54, 1.807) is 31.2 Å². The molecule has 1 rings (SSSR count). The molecule has 0 unspecified atom stereocenters. The number of nitrogens with one attached hydrogen (secondary N) is 1. The molecule has 0 heterocycles. The molecule has 0 aliphatic carbocycles. The van der Waals surface area contributed by atoms with Crippen LogP contribution in [0.25, 0.3) is 10.4 Å². The van der Waals surface area contributed by atoms with E-state index in [1.165, 1.54) is 0 Å². The summed E-state index contributed by atoms with van der Waals surface area (Å²) in [6.07, 6.45) is 0.443. The lowest BCUT2D eigenvalue weighted by Crippen LogP contribution is -2.08. The predicted octanol–water partition coefficient (Wildman–Crippen LogP) is 2.98. The van der Waals surface area contributed by atoms with Crippen LogP contribution < -0.4 is 5.32 Å². The molecule has 1 aromatic carbocycles. The van der Waals surface area contributed by atoms with Crippen LogP contribution in [0.15, 0.2) is 29.4 Å². The van der Waals surface area contributed by atoms with E-state index >= 15 is 0 Å². The summed E-state index contributed by atoms with van der Waals surface area (Å²) in [7, 11) is 0. The maximum absolute atomic E-state index is 11.0. The van der Waals surface area contributed by atoms with Crippen molar-refractivity contribution in [1.29, 1.82) is 0 Å². The number of rotatable bonds is 3. The molecule has 1 N–H and O–H groups in total. The lowest BCUT2D eigenvalue weighted by molar-refractivity contribution is -0.115. The van der Waals surface area contributed by atoms with Crippen LogP contribution in [0.2, 0.25) is 0 Å². The minimum absolute atomic E-state index is 0.0402. The number of azide groups is 1. The van der Waals surface area contributed by atoms with Crippen molar-refractivity contribution in [1.82, 2.24) is 0 Å². The monoisotopic (exact) mass is 190 g/mol. The van der Waals surface area contributed by atoms with Gasteiger partial charge in [0.2, 0.25) is 5.91 Å². The Hall–Kier alpha value is -2.00. The summed E-state index contributed by atoms with van der Waals surface area (Å²) < 4.78 is 0. The topological polar surface area (TPSA) is 77.9 Å². The van der Waals surface area contributed by atoms with Crippen molar-refractivity contribution < 1.29 is 4.79 Å². The van der Waals surface area contributed by atoms with Gasteiger partial charge in [-0.05, 0) is 17.7 Å². The largest absolute Gasteiger partial charge is 0.326 e. The third kappa shape index (κ3) is 2.80. The van der Waals surface area contributed by atoms with Crippen molar-refractivity contribution in [3.63, 3.8) is 0 Å². The van der Waals surface area contributed by atoms with E-state index < -0.39 is 0 Å². The van der Waals surface area contributed by atoms with Crippen molar-refractivity contribution in [2.75, 3.05) is 5.32 Å². The van der Waals surface area contributed by atoms with Gasteiger partial charge >= 0.3 is 0 Å². The zero-order valence-electron chi connectivity index (χ0n) is 7.77. The van der Waals surface area contributed by atoms with Crippen LogP contribution in [0.4, 0.5) is 11.4 Å². The second-order valence-electron chi connectivity index (χ2n) is 2.64. The molecule has 72 valence electrons. The molecule has 0 saturated heterocycles. The number of carbonyl (C=O) groups excluding carboxylic acids is 1. The van der Waals surface area contributed by atoms with Crippen LogP contribution in [0, 0.1) is 0 Å². The maximum Gasteiger partial charge on any atom is 0.224 e. The SMILES string of the molecule is CCC(=O)Nc1ccc(N=[N+]=[N-])cc1. The smallest absolute Gasteiger partial charge is 0.224 e. The first-order valence-electron chi connectivity index (χ1n) is 4.21. The summed E-state index contributed by atoms with van der Waals surface area (Å²) in [5.41, 5.74) is 9.39. The molecule has 0 bridgehead atoms. The summed E-state index contributed by atoms with van der Waals surface area (Å²) in [5.74, 6) is -0.0402. The number of benzene rings is 1. The third-order valence-electron chi connectivity index (χ3n) is 1.63. The number of carbonyl (C=O) groups is 1. The van der Waals surface area contributed by atoms with Crippen molar-refractivity contribution in [3.8, 4) is 0 Å². The van der Waals surface area contributed by atoms with Gasteiger partial charge in [0.1, 0.15) is 0 Å². The van der Waals surface area contributed by atoms with E-state index in [1.807, 2.05) is 0 Å². The Morgan fingerprint density at radius 3 is 2.64 bits per heavy atom. The van der Waals surface area contributed by atoms with Gasteiger partial charge < -0.3 is 5.32 Å². The molecular formula is C9H10N4O. The molecule has 0 fully saturated rings. The van der Waals surface area contributed by atoms with Gasteiger partial charge in [0, 0.05) is 22.7 Å². The first kappa shape index (κ1) is 10.1. The Kier molecular flexibility index (Phi) is 3.52. The molecule has 0 aliphatic heterocycles. The standard InChI is InChI=1S/C9H10N4O/c1-2-9(14)11-7-3-5-8(6-4-7)12-13-10/h3-6H,2H2,1H3,(H,11,14). The summed E-state index contributed by atoms with van der Waals surface area (Å²) >= 11 is 0. The summed E-state index contributed by atoms with van der Waals surface area (Å²) in [4.78, 5) is 13.6. The highest BCUT2D eigenvalue weighted by atomic mass is 16.1. The van der Waals surface area contributed by atoms with E-state index in [4.69, 9.17) is 5.53 Å². The third-order valence-corrected chi connectivity index (χ3v) is 1.63. The lowest BCUT2D eigenvalue weighted by Gasteiger charge is -2.02. The highest BCUT2D eigenvalue weighted by Crippen LogP contribution is 2.16. The Bertz CT molecular complexity index is 365. The van der Waals surface area contributed by atoms with Gasteiger partial charge in [0.15, 0.2) is 0 Å². The van der Waals surface area contributed by atoms with Gasteiger partial charge in [0.25, 0.3) is 0 Å². The van der Waals surface area contributed by atoms with E-state index in [9.17, 15) is 4.79 Å². The maximum atomic E-state index is 11.0. The number of nitrogens with zero attached hydrogens (tertiary/aromatic N) is 3. The number of amides is 1. The number of anilines is 1. The number of hydrogen-bond donors (Lipinski definition) is 1. The molecule has 1 amide bonds. The van der Waals surface area contributed by atoms with Crippen LogP contribution in [-0.4, -0.2) is 5.91 Å². The molecule has 0 atom stereocenters. The lowest BCUT2D eigenvalue weighted by atomic mass is 10.3. The predicted molar refractivity (Wildman–Crippen MR) is 54.2 cm³/mol. The molecular weight excluding hydrogens is 180 g/mol. The fourth-order valence-corrected chi connectivity index (χ4v) is 0.912. The minimum Gasteiger partial charge on any atom is -0.326 e. The molecule has 14 heavy (non-hydrogen) atoms. The zero-order valence-corrected chi connectivity index (χ0v) is 7.77. The van der Waals surface area contributed by atoms with Gasteiger partial charge in [-0.2, -0.15) is 0 Å². The second kappa shape index (κ2) is 4.89. The molecule has 0 aromatic heterocycles. The average molecular weight is 190 g/mol. The first-order chi connectivity index (χ1) is 6.76. The van der Waals surface area contributed by atoms with E-state index in [0.717, 1.165) is 0 Å². The molecule has 0 radical (unpaired) electrons. The summed E-state index contributed by atoms with van der Waals surface area (Å²) in [6.45, 7) is 1.78. The normalized spacial score (nSPS) is 8.93. The van der Waals surface area contributed by atoms with Crippen molar-refractivity contribution in [3.05, 3.63) is 34.7 Å². The minimum atomic E-state index is -0.0402. The summed E-state index contributed by atoms with van der Waals surface area (Å²) in [6, 6.07) is 6.67. The van der Waals surface area contributed by atoms with E-state index in [2.05, 4.69) is 15.3 Å². The van der Waals surface area contributed by atoms with Crippen molar-refractivity contribution >= 4 is 17.3 Å². The van der Waals surface area contributed by atoms with Gasteiger partial charge in [-0.15, -0.1) is 0 Å². The first-order valence-corrected chi connectivity index (χ1v) is 4.21. The molecule has 0 saturated carbocycles. The molecule has 1 aromatic rings. The van der Waals surface area contributed by atoms with Gasteiger partial charge in [-0.3, -0.25) is 4.79 Å². The Morgan fingerprint density at radius 1 is 1.50 bits per heavy atom. The molecule has 0 aliphatic rings. The van der Waals surface area contributed by atoms with Crippen molar-refractivity contribution in [2.24, 2.45) is 5.11 Å². The quantitative estimate of drug-likeness (QED) is 0.444. The van der Waals surface area contributed by atoms with Crippen LogP contribution in [-0.2, 0) is 4.79 Å². The Balaban J connectivity index is 2.73. The van der Waals surface area contributed by atoms with Crippen molar-refractivity contribution in [2.45, 2.75) is 13.3 Å². The fourth-order valence-electron chi connectivity index (χ4n) is 0.912. The Labute approximate surface area is 81.4 Å². The highest BCUT2D eigenvalue weighted by Gasteiger charge is 1.97. The van der Waals surface area contributed by atoms with Gasteiger partial charge in [-0.1, -0.05) is 24.2 Å². The van der Waals surface area contributed by atoms with Crippen LogP contribution in [0.3, 0.4) is 0 Å². The molecule has 5 nitrogen and oxygen atoms in total.